The zero-order chi connectivity index (χ0) is 27.0. The highest BCUT2D eigenvalue weighted by Crippen LogP contribution is 2.33. The lowest BCUT2D eigenvalue weighted by molar-refractivity contribution is -0.137. The maximum atomic E-state index is 13.5. The molecule has 198 valence electrons. The number of piperidine rings is 1. The molecule has 1 N–H and O–H groups in total. The summed E-state index contributed by atoms with van der Waals surface area (Å²) in [5, 5.41) is 7.86. The number of alkyl halides is 3. The second-order valence-electron chi connectivity index (χ2n) is 9.24. The number of aromatic nitrogens is 5. The summed E-state index contributed by atoms with van der Waals surface area (Å²) in [6, 6.07) is 7.98. The number of hydrogen-bond acceptors (Lipinski definition) is 6. The normalized spacial score (nSPS) is 16.1. The highest BCUT2D eigenvalue weighted by atomic mass is 19.4. The average Bonchev–Trinajstić information content (AvgIpc) is 3.36. The molecule has 5 rings (SSSR count). The van der Waals surface area contributed by atoms with E-state index in [4.69, 9.17) is 0 Å². The molecule has 0 radical (unpaired) electrons. The Kier molecular flexibility index (Phi) is 6.64. The van der Waals surface area contributed by atoms with Crippen molar-refractivity contribution in [2.45, 2.75) is 45.3 Å². The fourth-order valence-electron chi connectivity index (χ4n) is 4.85. The summed E-state index contributed by atoms with van der Waals surface area (Å²) >= 11 is 0. The van der Waals surface area contributed by atoms with Gasteiger partial charge in [0.2, 0.25) is 11.9 Å². The number of para-hydroxylation sites is 1. The molecule has 1 aliphatic rings. The van der Waals surface area contributed by atoms with Gasteiger partial charge >= 0.3 is 6.18 Å². The Morgan fingerprint density at radius 3 is 2.76 bits per heavy atom. The lowest BCUT2D eigenvalue weighted by Crippen LogP contribution is -2.42. The molecule has 4 heterocycles. The van der Waals surface area contributed by atoms with Gasteiger partial charge in [-0.15, -0.1) is 0 Å². The van der Waals surface area contributed by atoms with Crippen LogP contribution in [0.3, 0.4) is 0 Å². The third kappa shape index (κ3) is 4.85. The first-order chi connectivity index (χ1) is 18.2. The molecule has 38 heavy (non-hydrogen) atoms. The number of likely N-dealkylation sites (tertiary alicyclic amines) is 1. The Labute approximate surface area is 215 Å². The van der Waals surface area contributed by atoms with Crippen LogP contribution in [0.4, 0.5) is 24.9 Å². The summed E-state index contributed by atoms with van der Waals surface area (Å²) in [4.78, 5) is 36.2. The van der Waals surface area contributed by atoms with E-state index < -0.39 is 11.7 Å². The van der Waals surface area contributed by atoms with Crippen molar-refractivity contribution in [3.8, 4) is 5.69 Å². The number of rotatable bonds is 5. The molecule has 1 saturated heterocycles. The van der Waals surface area contributed by atoms with Crippen LogP contribution in [-0.2, 0) is 11.0 Å². The third-order valence-corrected chi connectivity index (χ3v) is 6.70. The SMILES string of the molecule is CCC(=O)N1CCC[C@@H](n2c(=O)cc(C)c3cnc(Nc4ccn(-c5ccccc5C(F)(F)F)n4)nc32)C1. The van der Waals surface area contributed by atoms with Gasteiger partial charge in [0.25, 0.3) is 5.56 Å². The van der Waals surface area contributed by atoms with Gasteiger partial charge in [0.1, 0.15) is 5.65 Å². The summed E-state index contributed by atoms with van der Waals surface area (Å²) in [5.41, 5.74) is 0.00589. The van der Waals surface area contributed by atoms with Crippen LogP contribution >= 0.6 is 0 Å². The summed E-state index contributed by atoms with van der Waals surface area (Å²) in [6.07, 6.45) is 0.369. The Morgan fingerprint density at radius 1 is 1.21 bits per heavy atom. The zero-order valence-electron chi connectivity index (χ0n) is 20.9. The van der Waals surface area contributed by atoms with Crippen LogP contribution < -0.4 is 10.9 Å². The van der Waals surface area contributed by atoms with Gasteiger partial charge in [-0.1, -0.05) is 19.1 Å². The molecular weight excluding hydrogens is 499 g/mol. The molecule has 0 unspecified atom stereocenters. The number of halogens is 3. The lowest BCUT2D eigenvalue weighted by Gasteiger charge is -2.34. The van der Waals surface area contributed by atoms with Gasteiger partial charge < -0.3 is 10.2 Å². The molecule has 3 aromatic heterocycles. The molecule has 0 saturated carbocycles. The zero-order valence-corrected chi connectivity index (χ0v) is 20.9. The molecule has 1 aliphatic heterocycles. The molecule has 0 aliphatic carbocycles. The number of amides is 1. The van der Waals surface area contributed by atoms with Crippen LogP contribution in [0.1, 0.15) is 43.4 Å². The monoisotopic (exact) mass is 525 g/mol. The van der Waals surface area contributed by atoms with Crippen LogP contribution in [0, 0.1) is 6.92 Å². The Bertz CT molecular complexity index is 1560. The molecule has 1 fully saturated rings. The minimum atomic E-state index is -4.53. The molecule has 1 amide bonds. The van der Waals surface area contributed by atoms with E-state index in [0.717, 1.165) is 29.2 Å². The molecule has 0 spiro atoms. The van der Waals surface area contributed by atoms with E-state index in [0.29, 0.717) is 30.5 Å². The second-order valence-corrected chi connectivity index (χ2v) is 9.24. The van der Waals surface area contributed by atoms with E-state index in [2.05, 4.69) is 20.4 Å². The van der Waals surface area contributed by atoms with Crippen molar-refractivity contribution in [2.75, 3.05) is 18.4 Å². The maximum absolute atomic E-state index is 13.5. The Morgan fingerprint density at radius 2 is 2.00 bits per heavy atom. The fraction of sp³-hybridized carbons (Fsp3) is 0.346. The fourth-order valence-corrected chi connectivity index (χ4v) is 4.85. The summed E-state index contributed by atoms with van der Waals surface area (Å²) in [5.74, 6) is 0.419. The largest absolute Gasteiger partial charge is 0.418 e. The number of carbonyl (C=O) groups is 1. The molecule has 4 aromatic rings. The van der Waals surface area contributed by atoms with Crippen molar-refractivity contribution in [1.29, 1.82) is 0 Å². The number of benzene rings is 1. The third-order valence-electron chi connectivity index (χ3n) is 6.70. The Balaban J connectivity index is 1.49. The standard InChI is InChI=1S/C26H26F3N7O2/c1-3-22(37)34-11-6-7-17(15-34)36-23(38)13-16(2)18-14-30-25(32-24(18)36)31-21-10-12-35(33-21)20-9-5-4-8-19(20)26(27,28)29/h4-5,8-10,12-14,17H,3,6-7,11,15H2,1-2H3,(H,30,31,32,33)/t17-/m1/s1. The highest BCUT2D eigenvalue weighted by Gasteiger charge is 2.34. The molecule has 9 nitrogen and oxygen atoms in total. The second kappa shape index (κ2) is 9.92. The quantitative estimate of drug-likeness (QED) is 0.408. The van der Waals surface area contributed by atoms with Gasteiger partial charge in [-0.3, -0.25) is 14.2 Å². The smallest absolute Gasteiger partial charge is 0.341 e. The van der Waals surface area contributed by atoms with Crippen LogP contribution in [0.2, 0.25) is 0 Å². The van der Waals surface area contributed by atoms with Crippen LogP contribution in [0.15, 0.2) is 53.6 Å². The van der Waals surface area contributed by atoms with E-state index in [1.807, 2.05) is 6.92 Å². The molecule has 0 bridgehead atoms. The van der Waals surface area contributed by atoms with Crippen molar-refractivity contribution in [1.82, 2.24) is 29.2 Å². The summed E-state index contributed by atoms with van der Waals surface area (Å²) in [7, 11) is 0. The van der Waals surface area contributed by atoms with Gasteiger partial charge in [0.15, 0.2) is 5.82 Å². The van der Waals surface area contributed by atoms with Crippen LogP contribution in [-0.4, -0.2) is 48.2 Å². The number of nitrogens with zero attached hydrogens (tertiary/aromatic N) is 6. The van der Waals surface area contributed by atoms with Gasteiger partial charge in [0, 0.05) is 49.4 Å². The number of anilines is 2. The first-order valence-electron chi connectivity index (χ1n) is 12.3. The number of hydrogen-bond donors (Lipinski definition) is 1. The van der Waals surface area contributed by atoms with Crippen molar-refractivity contribution < 1.29 is 18.0 Å². The highest BCUT2D eigenvalue weighted by molar-refractivity contribution is 5.79. The summed E-state index contributed by atoms with van der Waals surface area (Å²) in [6.45, 7) is 4.69. The average molecular weight is 526 g/mol. The minimum absolute atomic E-state index is 0.0406. The minimum Gasteiger partial charge on any atom is -0.341 e. The van der Waals surface area contributed by atoms with Gasteiger partial charge in [0.05, 0.1) is 17.3 Å². The van der Waals surface area contributed by atoms with E-state index in [1.165, 1.54) is 30.5 Å². The van der Waals surface area contributed by atoms with Crippen molar-refractivity contribution in [3.05, 3.63) is 70.3 Å². The van der Waals surface area contributed by atoms with Crippen molar-refractivity contribution in [3.63, 3.8) is 0 Å². The topological polar surface area (TPSA) is 97.9 Å². The predicted octanol–water partition coefficient (Wildman–Crippen LogP) is 4.62. The van der Waals surface area contributed by atoms with E-state index in [9.17, 15) is 22.8 Å². The van der Waals surface area contributed by atoms with Gasteiger partial charge in [-0.05, 0) is 37.5 Å². The number of pyridine rings is 1. The first kappa shape index (κ1) is 25.4. The Hall–Kier alpha value is -4.22. The van der Waals surface area contributed by atoms with E-state index in [-0.39, 0.29) is 35.0 Å². The maximum Gasteiger partial charge on any atom is 0.418 e. The number of carbonyl (C=O) groups excluding carboxylic acids is 1. The van der Waals surface area contributed by atoms with Crippen molar-refractivity contribution in [2.24, 2.45) is 0 Å². The molecule has 1 aromatic carbocycles. The van der Waals surface area contributed by atoms with Gasteiger partial charge in [-0.25, -0.2) is 9.67 Å². The number of nitrogens with one attached hydrogen (secondary N) is 1. The van der Waals surface area contributed by atoms with Crippen molar-refractivity contribution >= 4 is 28.7 Å². The first-order valence-corrected chi connectivity index (χ1v) is 12.3. The van der Waals surface area contributed by atoms with E-state index >= 15 is 0 Å². The summed E-state index contributed by atoms with van der Waals surface area (Å²) < 4.78 is 43.1. The molecular formula is C26H26F3N7O2. The molecule has 1 atom stereocenters. The number of fused-ring (bicyclic) bond motifs is 1. The van der Waals surface area contributed by atoms with Gasteiger partial charge in [-0.2, -0.15) is 23.3 Å². The predicted molar refractivity (Wildman–Crippen MR) is 136 cm³/mol. The lowest BCUT2D eigenvalue weighted by atomic mass is 10.0. The van der Waals surface area contributed by atoms with Crippen LogP contribution in [0.25, 0.3) is 16.7 Å². The van der Waals surface area contributed by atoms with E-state index in [1.54, 1.807) is 28.7 Å². The van der Waals surface area contributed by atoms with Crippen LogP contribution in [0.5, 0.6) is 0 Å². The molecule has 12 heteroatoms. The number of aryl methyl sites for hydroxylation is 1.